The molecule has 0 saturated heterocycles. The minimum Gasteiger partial charge on any atom is -0.340 e. The van der Waals surface area contributed by atoms with Gasteiger partial charge in [0.1, 0.15) is 6.04 Å². The van der Waals surface area contributed by atoms with Crippen LogP contribution in [0, 0.1) is 19.8 Å². The normalized spacial score (nSPS) is 12.5. The molecule has 0 aromatic heterocycles. The Hall–Kier alpha value is -2.71. The van der Waals surface area contributed by atoms with E-state index in [1.807, 2.05) is 32.9 Å². The molecule has 0 aliphatic rings. The molecule has 0 heterocycles. The number of hydrogen-bond donors (Lipinski definition) is 3. The fourth-order valence-corrected chi connectivity index (χ4v) is 3.79. The minimum absolute atomic E-state index is 0.0559. The Kier molecular flexibility index (Phi) is 7.16. The van der Waals surface area contributed by atoms with Gasteiger partial charge in [0.25, 0.3) is 5.91 Å². The summed E-state index contributed by atoms with van der Waals surface area (Å²) in [5.41, 5.74) is 2.09. The van der Waals surface area contributed by atoms with E-state index in [9.17, 15) is 18.0 Å². The summed E-state index contributed by atoms with van der Waals surface area (Å²) in [6.45, 7) is 7.35. The summed E-state index contributed by atoms with van der Waals surface area (Å²) in [6.07, 6.45) is 0.428. The van der Waals surface area contributed by atoms with Gasteiger partial charge in [-0.2, -0.15) is 0 Å². The Morgan fingerprint density at radius 1 is 1.03 bits per heavy atom. The molecule has 156 valence electrons. The summed E-state index contributed by atoms with van der Waals surface area (Å²) in [5.74, 6) is -0.608. The number of primary sulfonamides is 1. The van der Waals surface area contributed by atoms with Crippen LogP contribution in [0.4, 0.5) is 5.69 Å². The summed E-state index contributed by atoms with van der Waals surface area (Å²) in [4.78, 5) is 25.4. The van der Waals surface area contributed by atoms with Crippen molar-refractivity contribution >= 4 is 27.5 Å². The van der Waals surface area contributed by atoms with Gasteiger partial charge >= 0.3 is 0 Å². The van der Waals surface area contributed by atoms with Gasteiger partial charge in [-0.25, -0.2) is 13.6 Å². The van der Waals surface area contributed by atoms with Crippen LogP contribution in [0.5, 0.6) is 0 Å². The van der Waals surface area contributed by atoms with Crippen molar-refractivity contribution in [3.63, 3.8) is 0 Å². The lowest BCUT2D eigenvalue weighted by Crippen LogP contribution is -2.44. The Bertz CT molecular complexity index is 1020. The molecule has 0 bridgehead atoms. The topological polar surface area (TPSA) is 118 Å². The number of anilines is 1. The maximum absolute atomic E-state index is 12.8. The van der Waals surface area contributed by atoms with Crippen LogP contribution in [-0.4, -0.2) is 26.3 Å². The molecule has 8 heteroatoms. The highest BCUT2D eigenvalue weighted by Gasteiger charge is 2.24. The smallest absolute Gasteiger partial charge is 0.252 e. The van der Waals surface area contributed by atoms with Crippen LogP contribution in [0.1, 0.15) is 41.8 Å². The summed E-state index contributed by atoms with van der Waals surface area (Å²) < 4.78 is 23.4. The second-order valence-corrected chi connectivity index (χ2v) is 9.01. The lowest BCUT2D eigenvalue weighted by molar-refractivity contribution is -0.118. The third-order valence-electron chi connectivity index (χ3n) is 4.48. The highest BCUT2D eigenvalue weighted by atomic mass is 32.2. The monoisotopic (exact) mass is 417 g/mol. The summed E-state index contributed by atoms with van der Waals surface area (Å²) in [7, 11) is -3.91. The average Bonchev–Trinajstić information content (AvgIpc) is 2.61. The highest BCUT2D eigenvalue weighted by molar-refractivity contribution is 7.89. The molecule has 0 fully saturated rings. The maximum atomic E-state index is 12.8. The number of hydrogen-bond acceptors (Lipinski definition) is 4. The lowest BCUT2D eigenvalue weighted by Gasteiger charge is -2.21. The number of rotatable bonds is 7. The van der Waals surface area contributed by atoms with Gasteiger partial charge in [0.2, 0.25) is 15.9 Å². The molecule has 7 nitrogen and oxygen atoms in total. The number of nitrogens with one attached hydrogen (secondary N) is 2. The zero-order valence-corrected chi connectivity index (χ0v) is 17.8. The van der Waals surface area contributed by atoms with Crippen LogP contribution >= 0.6 is 0 Å². The van der Waals surface area contributed by atoms with E-state index in [0.29, 0.717) is 23.2 Å². The van der Waals surface area contributed by atoms with E-state index in [-0.39, 0.29) is 16.7 Å². The fraction of sp³-hybridized carbons (Fsp3) is 0.333. The quantitative estimate of drug-likeness (QED) is 0.642. The SMILES string of the molecule is Cc1ccccc1C(=O)N[C@@H](CC(C)C)C(=O)Nc1ccc(C)c(S(N)(=O)=O)c1. The molecule has 0 saturated carbocycles. The molecule has 2 aromatic carbocycles. The minimum atomic E-state index is -3.91. The van der Waals surface area contributed by atoms with Crippen LogP contribution < -0.4 is 15.8 Å². The Labute approximate surface area is 171 Å². The molecule has 0 aliphatic heterocycles. The predicted octanol–water partition coefficient (Wildman–Crippen LogP) is 2.73. The molecule has 4 N–H and O–H groups in total. The van der Waals surface area contributed by atoms with Crippen LogP contribution in [-0.2, 0) is 14.8 Å². The molecule has 1 atom stereocenters. The number of carbonyl (C=O) groups is 2. The second-order valence-electron chi connectivity index (χ2n) is 7.49. The molecule has 0 aliphatic carbocycles. The summed E-state index contributed by atoms with van der Waals surface area (Å²) >= 11 is 0. The Morgan fingerprint density at radius 2 is 1.69 bits per heavy atom. The molecule has 0 unspecified atom stereocenters. The van der Waals surface area contributed by atoms with Crippen LogP contribution in [0.15, 0.2) is 47.4 Å². The van der Waals surface area contributed by atoms with Crippen LogP contribution in [0.2, 0.25) is 0 Å². The number of carbonyl (C=O) groups excluding carboxylic acids is 2. The van der Waals surface area contributed by atoms with Crippen molar-refractivity contribution in [2.75, 3.05) is 5.32 Å². The van der Waals surface area contributed by atoms with Gasteiger partial charge in [0.15, 0.2) is 0 Å². The molecule has 0 radical (unpaired) electrons. The third kappa shape index (κ3) is 6.13. The molecule has 2 amide bonds. The summed E-state index contributed by atoms with van der Waals surface area (Å²) in [6, 6.07) is 10.8. The van der Waals surface area contributed by atoms with Crippen molar-refractivity contribution in [2.45, 2.75) is 45.1 Å². The van der Waals surface area contributed by atoms with Crippen molar-refractivity contribution in [1.82, 2.24) is 5.32 Å². The Morgan fingerprint density at radius 3 is 2.28 bits per heavy atom. The van der Waals surface area contributed by atoms with Crippen LogP contribution in [0.3, 0.4) is 0 Å². The largest absolute Gasteiger partial charge is 0.340 e. The third-order valence-corrected chi connectivity index (χ3v) is 5.53. The van der Waals surface area contributed by atoms with Gasteiger partial charge in [0.05, 0.1) is 4.90 Å². The standard InChI is InChI=1S/C21H27N3O4S/c1-13(2)11-18(24-20(25)17-8-6-5-7-14(17)3)21(26)23-16-10-9-15(4)19(12-16)29(22,27)28/h5-10,12-13,18H,11H2,1-4H3,(H,23,26)(H,24,25)(H2,22,27,28)/t18-/m0/s1. The number of amides is 2. The zero-order valence-electron chi connectivity index (χ0n) is 17.0. The molecular weight excluding hydrogens is 390 g/mol. The van der Waals surface area contributed by atoms with Crippen molar-refractivity contribution in [3.8, 4) is 0 Å². The number of sulfonamides is 1. The fourth-order valence-electron chi connectivity index (χ4n) is 2.98. The first-order valence-corrected chi connectivity index (χ1v) is 10.8. The van der Waals surface area contributed by atoms with Gasteiger partial charge in [-0.05, 0) is 55.5 Å². The summed E-state index contributed by atoms with van der Waals surface area (Å²) in [5, 5.41) is 10.7. The first kappa shape index (κ1) is 22.6. The van der Waals surface area contributed by atoms with Crippen molar-refractivity contribution in [2.24, 2.45) is 11.1 Å². The molecular formula is C21H27N3O4S. The van der Waals surface area contributed by atoms with E-state index in [4.69, 9.17) is 5.14 Å². The van der Waals surface area contributed by atoms with E-state index < -0.39 is 22.0 Å². The Balaban J connectivity index is 2.24. The van der Waals surface area contributed by atoms with Crippen molar-refractivity contribution in [3.05, 3.63) is 59.2 Å². The van der Waals surface area contributed by atoms with Crippen LogP contribution in [0.25, 0.3) is 0 Å². The van der Waals surface area contributed by atoms with Crippen molar-refractivity contribution in [1.29, 1.82) is 0 Å². The van der Waals surface area contributed by atoms with Crippen molar-refractivity contribution < 1.29 is 18.0 Å². The molecule has 0 spiro atoms. The number of aryl methyl sites for hydroxylation is 2. The zero-order chi connectivity index (χ0) is 21.8. The van der Waals surface area contributed by atoms with E-state index in [1.165, 1.54) is 6.07 Å². The average molecular weight is 418 g/mol. The van der Waals surface area contributed by atoms with Gasteiger partial charge < -0.3 is 10.6 Å². The molecule has 2 rings (SSSR count). The second kappa shape index (κ2) is 9.19. The molecule has 29 heavy (non-hydrogen) atoms. The lowest BCUT2D eigenvalue weighted by atomic mass is 10.0. The van der Waals surface area contributed by atoms with Gasteiger partial charge in [0, 0.05) is 11.3 Å². The first-order valence-electron chi connectivity index (χ1n) is 9.30. The van der Waals surface area contributed by atoms with E-state index >= 15 is 0 Å². The first-order chi connectivity index (χ1) is 13.5. The highest BCUT2D eigenvalue weighted by Crippen LogP contribution is 2.20. The van der Waals surface area contributed by atoms with E-state index in [0.717, 1.165) is 5.56 Å². The van der Waals surface area contributed by atoms with E-state index in [1.54, 1.807) is 31.2 Å². The van der Waals surface area contributed by atoms with Gasteiger partial charge in [-0.15, -0.1) is 0 Å². The number of benzene rings is 2. The van der Waals surface area contributed by atoms with E-state index in [2.05, 4.69) is 10.6 Å². The molecule has 2 aromatic rings. The number of nitrogens with two attached hydrogens (primary N) is 1. The van der Waals surface area contributed by atoms with Gasteiger partial charge in [-0.1, -0.05) is 38.1 Å². The predicted molar refractivity (Wildman–Crippen MR) is 113 cm³/mol. The van der Waals surface area contributed by atoms with Gasteiger partial charge in [-0.3, -0.25) is 9.59 Å². The maximum Gasteiger partial charge on any atom is 0.252 e.